The maximum Gasteiger partial charge on any atom is 0.225 e. The predicted molar refractivity (Wildman–Crippen MR) is 104 cm³/mol. The Morgan fingerprint density at radius 1 is 1.21 bits per heavy atom. The molecular weight excluding hydrogens is 358 g/mol. The van der Waals surface area contributed by atoms with Crippen molar-refractivity contribution < 1.29 is 19.1 Å². The molecule has 3 rings (SSSR count). The average molecular weight is 383 g/mol. The standard InChI is InChI=1S/C21H25N3O4/c1-27-18-7-6-15(11-19(18)28-2)8-10-24-14-16(12-20(24)25)21(26)23-13-17-5-3-4-9-22-17/h3-7,9,11,16H,8,10,12-14H2,1-2H3,(H,23,26)/t16-/m0/s1. The van der Waals surface area contributed by atoms with Gasteiger partial charge in [-0.15, -0.1) is 0 Å². The largest absolute Gasteiger partial charge is 0.493 e. The normalized spacial score (nSPS) is 16.1. The summed E-state index contributed by atoms with van der Waals surface area (Å²) in [4.78, 5) is 30.6. The summed E-state index contributed by atoms with van der Waals surface area (Å²) in [6.07, 6.45) is 2.63. The number of ether oxygens (including phenoxy) is 2. The van der Waals surface area contributed by atoms with Crippen LogP contribution in [0.2, 0.25) is 0 Å². The molecule has 0 saturated carbocycles. The van der Waals surface area contributed by atoms with Crippen molar-refractivity contribution in [2.45, 2.75) is 19.4 Å². The first-order valence-corrected chi connectivity index (χ1v) is 9.27. The van der Waals surface area contributed by atoms with Gasteiger partial charge in [0.1, 0.15) is 0 Å². The van der Waals surface area contributed by atoms with Crippen molar-refractivity contribution in [2.75, 3.05) is 27.3 Å². The molecule has 7 nitrogen and oxygen atoms in total. The fraction of sp³-hybridized carbons (Fsp3) is 0.381. The van der Waals surface area contributed by atoms with Gasteiger partial charge in [0.25, 0.3) is 0 Å². The van der Waals surface area contributed by atoms with Crippen LogP contribution in [-0.4, -0.2) is 49.0 Å². The van der Waals surface area contributed by atoms with Crippen LogP contribution >= 0.6 is 0 Å². The lowest BCUT2D eigenvalue weighted by Crippen LogP contribution is -2.33. The van der Waals surface area contributed by atoms with Crippen molar-refractivity contribution in [1.29, 1.82) is 0 Å². The zero-order chi connectivity index (χ0) is 19.9. The molecule has 0 radical (unpaired) electrons. The number of amides is 2. The number of likely N-dealkylation sites (tertiary alicyclic amines) is 1. The first-order valence-electron chi connectivity index (χ1n) is 9.27. The summed E-state index contributed by atoms with van der Waals surface area (Å²) in [5.41, 5.74) is 1.85. The van der Waals surface area contributed by atoms with Crippen LogP contribution in [0, 0.1) is 5.92 Å². The summed E-state index contributed by atoms with van der Waals surface area (Å²) >= 11 is 0. The highest BCUT2D eigenvalue weighted by Crippen LogP contribution is 2.28. The van der Waals surface area contributed by atoms with E-state index >= 15 is 0 Å². The lowest BCUT2D eigenvalue weighted by atomic mass is 10.1. The molecule has 0 bridgehead atoms. The number of hydrogen-bond donors (Lipinski definition) is 1. The summed E-state index contributed by atoms with van der Waals surface area (Å²) in [5, 5.41) is 2.87. The van der Waals surface area contributed by atoms with Gasteiger partial charge in [0.2, 0.25) is 11.8 Å². The minimum atomic E-state index is -0.318. The van der Waals surface area contributed by atoms with Gasteiger partial charge in [-0.1, -0.05) is 12.1 Å². The third-order valence-electron chi connectivity index (χ3n) is 4.87. The highest BCUT2D eigenvalue weighted by atomic mass is 16.5. The van der Waals surface area contributed by atoms with Crippen LogP contribution in [0.4, 0.5) is 0 Å². The number of nitrogens with zero attached hydrogens (tertiary/aromatic N) is 2. The van der Waals surface area contributed by atoms with Gasteiger partial charge in [-0.05, 0) is 36.2 Å². The first-order chi connectivity index (χ1) is 13.6. The second-order valence-corrected chi connectivity index (χ2v) is 6.72. The molecule has 148 valence electrons. The van der Waals surface area contributed by atoms with E-state index in [-0.39, 0.29) is 24.2 Å². The average Bonchev–Trinajstić information content (AvgIpc) is 3.11. The van der Waals surface area contributed by atoms with Crippen LogP contribution < -0.4 is 14.8 Å². The van der Waals surface area contributed by atoms with Crippen LogP contribution in [-0.2, 0) is 22.6 Å². The summed E-state index contributed by atoms with van der Waals surface area (Å²) < 4.78 is 10.6. The Balaban J connectivity index is 1.51. The van der Waals surface area contributed by atoms with E-state index in [0.717, 1.165) is 11.3 Å². The van der Waals surface area contributed by atoms with E-state index in [1.165, 1.54) is 0 Å². The SMILES string of the molecule is COc1ccc(CCN2C[C@@H](C(=O)NCc3ccccn3)CC2=O)cc1OC. The van der Waals surface area contributed by atoms with E-state index in [2.05, 4.69) is 10.3 Å². The lowest BCUT2D eigenvalue weighted by Gasteiger charge is -2.17. The molecule has 1 aliphatic heterocycles. The Labute approximate surface area is 164 Å². The number of hydrogen-bond acceptors (Lipinski definition) is 5. The lowest BCUT2D eigenvalue weighted by molar-refractivity contribution is -0.129. The molecule has 1 aromatic carbocycles. The quantitative estimate of drug-likeness (QED) is 0.752. The molecule has 1 fully saturated rings. The van der Waals surface area contributed by atoms with Crippen molar-refractivity contribution >= 4 is 11.8 Å². The van der Waals surface area contributed by atoms with E-state index in [4.69, 9.17) is 9.47 Å². The topological polar surface area (TPSA) is 80.8 Å². The number of rotatable bonds is 8. The molecule has 1 saturated heterocycles. The van der Waals surface area contributed by atoms with E-state index in [9.17, 15) is 9.59 Å². The minimum Gasteiger partial charge on any atom is -0.493 e. The zero-order valence-electron chi connectivity index (χ0n) is 16.2. The van der Waals surface area contributed by atoms with Crippen molar-refractivity contribution in [3.05, 3.63) is 53.9 Å². The van der Waals surface area contributed by atoms with Gasteiger partial charge in [-0.2, -0.15) is 0 Å². The fourth-order valence-corrected chi connectivity index (χ4v) is 3.29. The Kier molecular flexibility index (Phi) is 6.47. The van der Waals surface area contributed by atoms with Crippen molar-refractivity contribution in [3.63, 3.8) is 0 Å². The fourth-order valence-electron chi connectivity index (χ4n) is 3.29. The molecule has 2 amide bonds. The molecular formula is C21H25N3O4. The smallest absolute Gasteiger partial charge is 0.225 e. The second-order valence-electron chi connectivity index (χ2n) is 6.72. The Bertz CT molecular complexity index is 826. The van der Waals surface area contributed by atoms with Gasteiger partial charge in [0, 0.05) is 25.7 Å². The van der Waals surface area contributed by atoms with Crippen LogP contribution in [0.1, 0.15) is 17.7 Å². The molecule has 2 aromatic rings. The third-order valence-corrected chi connectivity index (χ3v) is 4.87. The van der Waals surface area contributed by atoms with Gasteiger partial charge in [0.05, 0.1) is 32.4 Å². The molecule has 1 atom stereocenters. The number of carbonyl (C=O) groups is 2. The van der Waals surface area contributed by atoms with Gasteiger partial charge in [-0.3, -0.25) is 14.6 Å². The molecule has 0 aliphatic carbocycles. The number of aromatic nitrogens is 1. The third kappa shape index (κ3) is 4.79. The van der Waals surface area contributed by atoms with Crippen molar-refractivity contribution in [3.8, 4) is 11.5 Å². The van der Waals surface area contributed by atoms with Crippen molar-refractivity contribution in [2.24, 2.45) is 5.92 Å². The molecule has 1 N–H and O–H groups in total. The molecule has 7 heteroatoms. The number of nitrogens with one attached hydrogen (secondary N) is 1. The highest BCUT2D eigenvalue weighted by molar-refractivity contribution is 5.89. The molecule has 1 aliphatic rings. The highest BCUT2D eigenvalue weighted by Gasteiger charge is 2.33. The first kappa shape index (κ1) is 19.7. The Morgan fingerprint density at radius 2 is 2.04 bits per heavy atom. The van der Waals surface area contributed by atoms with Gasteiger partial charge >= 0.3 is 0 Å². The molecule has 0 spiro atoms. The monoisotopic (exact) mass is 383 g/mol. The number of carbonyl (C=O) groups excluding carboxylic acids is 2. The number of pyridine rings is 1. The molecule has 1 aromatic heterocycles. The molecule has 0 unspecified atom stereocenters. The predicted octanol–water partition coefficient (Wildman–Crippen LogP) is 1.81. The van der Waals surface area contributed by atoms with Gasteiger partial charge in [0.15, 0.2) is 11.5 Å². The molecule has 28 heavy (non-hydrogen) atoms. The molecule has 2 heterocycles. The maximum atomic E-state index is 12.4. The van der Waals surface area contributed by atoms with Gasteiger partial charge < -0.3 is 19.7 Å². The van der Waals surface area contributed by atoms with Crippen molar-refractivity contribution in [1.82, 2.24) is 15.2 Å². The maximum absolute atomic E-state index is 12.4. The van der Waals surface area contributed by atoms with Crippen LogP contribution in [0.25, 0.3) is 0 Å². The zero-order valence-corrected chi connectivity index (χ0v) is 16.2. The van der Waals surface area contributed by atoms with Gasteiger partial charge in [-0.25, -0.2) is 0 Å². The van der Waals surface area contributed by atoms with Crippen LogP contribution in [0.3, 0.4) is 0 Å². The second kappa shape index (κ2) is 9.21. The Hall–Kier alpha value is -3.09. The summed E-state index contributed by atoms with van der Waals surface area (Å²) in [7, 11) is 3.19. The minimum absolute atomic E-state index is 0.0125. The van der Waals surface area contributed by atoms with E-state index in [1.54, 1.807) is 25.3 Å². The van der Waals surface area contributed by atoms with Crippen LogP contribution in [0.5, 0.6) is 11.5 Å². The van der Waals surface area contributed by atoms with E-state index in [0.29, 0.717) is 37.6 Å². The van der Waals surface area contributed by atoms with Crippen LogP contribution in [0.15, 0.2) is 42.6 Å². The Morgan fingerprint density at radius 3 is 2.75 bits per heavy atom. The summed E-state index contributed by atoms with van der Waals surface area (Å²) in [6, 6.07) is 11.3. The summed E-state index contributed by atoms with van der Waals surface area (Å²) in [5.74, 6) is 0.931. The summed E-state index contributed by atoms with van der Waals surface area (Å²) in [6.45, 7) is 1.38. The van der Waals surface area contributed by atoms with E-state index < -0.39 is 0 Å². The van der Waals surface area contributed by atoms with E-state index in [1.807, 2.05) is 36.4 Å². The number of benzene rings is 1. The number of methoxy groups -OCH3 is 2.